The van der Waals surface area contributed by atoms with Crippen molar-refractivity contribution in [2.45, 2.75) is 13.0 Å². The molecule has 1 atom stereocenters. The van der Waals surface area contributed by atoms with Crippen LogP contribution in [-0.4, -0.2) is 36.9 Å². The van der Waals surface area contributed by atoms with E-state index < -0.39 is 5.97 Å². The minimum atomic E-state index is -0.930. The number of nitrogens with zero attached hydrogens (tertiary/aromatic N) is 1. The lowest BCUT2D eigenvalue weighted by atomic mass is 10.1. The summed E-state index contributed by atoms with van der Waals surface area (Å²) in [5.41, 5.74) is 1.99. The predicted molar refractivity (Wildman–Crippen MR) is 70.7 cm³/mol. The maximum atomic E-state index is 10.6. The van der Waals surface area contributed by atoms with Crippen molar-refractivity contribution in [1.82, 2.24) is 0 Å². The van der Waals surface area contributed by atoms with Crippen LogP contribution in [0, 0.1) is 0 Å². The molecule has 18 heavy (non-hydrogen) atoms. The van der Waals surface area contributed by atoms with Crippen molar-refractivity contribution in [3.63, 3.8) is 0 Å². The number of para-hydroxylation sites is 1. The van der Waals surface area contributed by atoms with E-state index in [4.69, 9.17) is 9.84 Å². The highest BCUT2D eigenvalue weighted by atomic mass is 16.5. The maximum Gasteiger partial charge on any atom is 0.328 e. The molecule has 1 heterocycles. The SMILES string of the molecule is CC1CN(c2ccccc2/C=C/C(=O)O)CCO1. The summed E-state index contributed by atoms with van der Waals surface area (Å²) in [5.74, 6) is -0.930. The van der Waals surface area contributed by atoms with Crippen molar-refractivity contribution < 1.29 is 14.6 Å². The smallest absolute Gasteiger partial charge is 0.328 e. The number of rotatable bonds is 3. The third-order valence-electron chi connectivity index (χ3n) is 2.92. The monoisotopic (exact) mass is 247 g/mol. The van der Waals surface area contributed by atoms with Crippen LogP contribution in [0.2, 0.25) is 0 Å². The number of hydrogen-bond acceptors (Lipinski definition) is 3. The second-order valence-corrected chi connectivity index (χ2v) is 4.36. The van der Waals surface area contributed by atoms with E-state index in [1.165, 1.54) is 6.08 Å². The minimum Gasteiger partial charge on any atom is -0.478 e. The van der Waals surface area contributed by atoms with Crippen molar-refractivity contribution in [3.8, 4) is 0 Å². The highest BCUT2D eigenvalue weighted by Crippen LogP contribution is 2.23. The second kappa shape index (κ2) is 5.69. The summed E-state index contributed by atoms with van der Waals surface area (Å²) >= 11 is 0. The Morgan fingerprint density at radius 1 is 1.50 bits per heavy atom. The van der Waals surface area contributed by atoms with Crippen molar-refractivity contribution in [2.75, 3.05) is 24.6 Å². The van der Waals surface area contributed by atoms with Crippen LogP contribution in [0.3, 0.4) is 0 Å². The van der Waals surface area contributed by atoms with E-state index in [0.29, 0.717) is 6.61 Å². The van der Waals surface area contributed by atoms with Crippen molar-refractivity contribution in [3.05, 3.63) is 35.9 Å². The highest BCUT2D eigenvalue weighted by Gasteiger charge is 2.18. The van der Waals surface area contributed by atoms with Crippen LogP contribution in [0.15, 0.2) is 30.3 Å². The van der Waals surface area contributed by atoms with Gasteiger partial charge in [0, 0.05) is 24.9 Å². The summed E-state index contributed by atoms with van der Waals surface area (Å²) < 4.78 is 5.51. The highest BCUT2D eigenvalue weighted by molar-refractivity contribution is 5.87. The number of aliphatic carboxylic acids is 1. The van der Waals surface area contributed by atoms with Crippen LogP contribution < -0.4 is 4.90 Å². The van der Waals surface area contributed by atoms with Crippen molar-refractivity contribution in [2.24, 2.45) is 0 Å². The fourth-order valence-electron chi connectivity index (χ4n) is 2.11. The molecule has 0 radical (unpaired) electrons. The second-order valence-electron chi connectivity index (χ2n) is 4.36. The molecule has 2 rings (SSSR count). The van der Waals surface area contributed by atoms with Gasteiger partial charge < -0.3 is 14.7 Å². The zero-order chi connectivity index (χ0) is 13.0. The average molecular weight is 247 g/mol. The summed E-state index contributed by atoms with van der Waals surface area (Å²) in [6.07, 6.45) is 3.01. The summed E-state index contributed by atoms with van der Waals surface area (Å²) in [6.45, 7) is 4.42. The Labute approximate surface area is 106 Å². The van der Waals surface area contributed by atoms with Gasteiger partial charge in [-0.2, -0.15) is 0 Å². The molecular formula is C14H17NO3. The third-order valence-corrected chi connectivity index (χ3v) is 2.92. The molecule has 1 fully saturated rings. The summed E-state index contributed by atoms with van der Waals surface area (Å²) in [7, 11) is 0. The molecule has 0 saturated carbocycles. The molecule has 96 valence electrons. The minimum absolute atomic E-state index is 0.204. The molecule has 4 heteroatoms. The molecule has 1 unspecified atom stereocenters. The van der Waals surface area contributed by atoms with E-state index in [-0.39, 0.29) is 6.10 Å². The zero-order valence-corrected chi connectivity index (χ0v) is 10.4. The van der Waals surface area contributed by atoms with Crippen LogP contribution in [-0.2, 0) is 9.53 Å². The molecule has 1 saturated heterocycles. The number of morpholine rings is 1. The van der Waals surface area contributed by atoms with Crippen LogP contribution in [0.5, 0.6) is 0 Å². The number of benzene rings is 1. The number of ether oxygens (including phenoxy) is 1. The maximum absolute atomic E-state index is 10.6. The average Bonchev–Trinajstić information content (AvgIpc) is 2.36. The standard InChI is InChI=1S/C14H17NO3/c1-11-10-15(8-9-18-11)13-5-3-2-4-12(13)6-7-14(16)17/h2-7,11H,8-10H2,1H3,(H,16,17)/b7-6+. The molecular weight excluding hydrogens is 230 g/mol. The van der Waals surface area contributed by atoms with Gasteiger partial charge in [0.15, 0.2) is 0 Å². The molecule has 4 nitrogen and oxygen atoms in total. The largest absolute Gasteiger partial charge is 0.478 e. The van der Waals surface area contributed by atoms with Gasteiger partial charge in [0.2, 0.25) is 0 Å². The summed E-state index contributed by atoms with van der Waals surface area (Å²) in [4.78, 5) is 12.8. The van der Waals surface area contributed by atoms with Gasteiger partial charge in [-0.05, 0) is 24.6 Å². The van der Waals surface area contributed by atoms with E-state index in [1.807, 2.05) is 31.2 Å². The van der Waals surface area contributed by atoms with E-state index in [9.17, 15) is 4.79 Å². The number of hydrogen-bond donors (Lipinski definition) is 1. The third kappa shape index (κ3) is 3.11. The van der Waals surface area contributed by atoms with Gasteiger partial charge in [0.25, 0.3) is 0 Å². The predicted octanol–water partition coefficient (Wildman–Crippen LogP) is 2.01. The Balaban J connectivity index is 2.23. The normalized spacial score (nSPS) is 20.3. The lowest BCUT2D eigenvalue weighted by Crippen LogP contribution is -2.41. The van der Waals surface area contributed by atoms with E-state index in [2.05, 4.69) is 4.90 Å². The van der Waals surface area contributed by atoms with Gasteiger partial charge >= 0.3 is 5.97 Å². The number of anilines is 1. The topological polar surface area (TPSA) is 49.8 Å². The van der Waals surface area contributed by atoms with E-state index in [1.54, 1.807) is 6.08 Å². The van der Waals surface area contributed by atoms with Crippen molar-refractivity contribution >= 4 is 17.7 Å². The summed E-state index contributed by atoms with van der Waals surface area (Å²) in [5, 5.41) is 8.70. The Hall–Kier alpha value is -1.81. The van der Waals surface area contributed by atoms with Gasteiger partial charge in [-0.25, -0.2) is 4.79 Å². The zero-order valence-electron chi connectivity index (χ0n) is 10.4. The molecule has 0 aliphatic carbocycles. The van der Waals surface area contributed by atoms with Crippen molar-refractivity contribution in [1.29, 1.82) is 0 Å². The Morgan fingerprint density at radius 3 is 3.00 bits per heavy atom. The molecule has 0 aromatic heterocycles. The van der Waals surface area contributed by atoms with Gasteiger partial charge in [-0.15, -0.1) is 0 Å². The fourth-order valence-corrected chi connectivity index (χ4v) is 2.11. The molecule has 1 aromatic rings. The van der Waals surface area contributed by atoms with Gasteiger partial charge in [0.05, 0.1) is 12.7 Å². The number of carboxylic acid groups (broad SMARTS) is 1. The first-order chi connectivity index (χ1) is 8.66. The lowest BCUT2D eigenvalue weighted by Gasteiger charge is -2.33. The molecule has 0 amide bonds. The quantitative estimate of drug-likeness (QED) is 0.830. The Morgan fingerprint density at radius 2 is 2.28 bits per heavy atom. The first-order valence-electron chi connectivity index (χ1n) is 6.03. The first kappa shape index (κ1) is 12.6. The van der Waals surface area contributed by atoms with Gasteiger partial charge in [0.1, 0.15) is 0 Å². The first-order valence-corrected chi connectivity index (χ1v) is 6.03. The fraction of sp³-hybridized carbons (Fsp3) is 0.357. The van der Waals surface area contributed by atoms with E-state index >= 15 is 0 Å². The Kier molecular flexibility index (Phi) is 3.99. The molecule has 0 bridgehead atoms. The number of carbonyl (C=O) groups is 1. The van der Waals surface area contributed by atoms with Gasteiger partial charge in [-0.3, -0.25) is 0 Å². The number of carboxylic acids is 1. The van der Waals surface area contributed by atoms with Crippen LogP contribution >= 0.6 is 0 Å². The van der Waals surface area contributed by atoms with Crippen LogP contribution in [0.25, 0.3) is 6.08 Å². The van der Waals surface area contributed by atoms with Crippen LogP contribution in [0.4, 0.5) is 5.69 Å². The molecule has 1 aromatic carbocycles. The molecule has 1 aliphatic rings. The molecule has 1 N–H and O–H groups in total. The molecule has 1 aliphatic heterocycles. The van der Waals surface area contributed by atoms with E-state index in [0.717, 1.165) is 24.3 Å². The van der Waals surface area contributed by atoms with Crippen LogP contribution in [0.1, 0.15) is 12.5 Å². The summed E-state index contributed by atoms with van der Waals surface area (Å²) in [6, 6.07) is 7.82. The van der Waals surface area contributed by atoms with Gasteiger partial charge in [-0.1, -0.05) is 18.2 Å². The Bertz CT molecular complexity index is 456. The lowest BCUT2D eigenvalue weighted by molar-refractivity contribution is -0.131. The molecule has 0 spiro atoms.